The third-order valence-corrected chi connectivity index (χ3v) is 10.6. The van der Waals surface area contributed by atoms with Crippen molar-refractivity contribution in [2.24, 2.45) is 5.92 Å². The molecular weight excluding hydrogens is 624 g/mol. The second-order valence-corrected chi connectivity index (χ2v) is 13.3. The van der Waals surface area contributed by atoms with Gasteiger partial charge in [-0.1, -0.05) is 12.1 Å². The Hall–Kier alpha value is -4.78. The van der Waals surface area contributed by atoms with E-state index in [1.54, 1.807) is 23.0 Å². The van der Waals surface area contributed by atoms with Gasteiger partial charge in [0.15, 0.2) is 17.1 Å². The molecule has 7 rings (SSSR count). The summed E-state index contributed by atoms with van der Waals surface area (Å²) in [6, 6.07) is 10.9. The number of ether oxygens (including phenoxy) is 2. The molecule has 4 aromatic rings. The average Bonchev–Trinajstić information content (AvgIpc) is 3.53. The molecule has 3 aliphatic rings. The van der Waals surface area contributed by atoms with Crippen LogP contribution >= 0.6 is 0 Å². The van der Waals surface area contributed by atoms with E-state index in [1.807, 2.05) is 24.8 Å². The molecule has 2 aliphatic heterocycles. The van der Waals surface area contributed by atoms with Gasteiger partial charge in [0.2, 0.25) is 5.91 Å². The van der Waals surface area contributed by atoms with Crippen LogP contribution in [0.15, 0.2) is 48.9 Å². The van der Waals surface area contributed by atoms with E-state index in [9.17, 15) is 14.9 Å². The van der Waals surface area contributed by atoms with Crippen LogP contribution in [0.25, 0.3) is 11.0 Å². The molecule has 2 fully saturated rings. The second-order valence-electron chi connectivity index (χ2n) is 13.3. The van der Waals surface area contributed by atoms with Gasteiger partial charge in [0.05, 0.1) is 36.3 Å². The Bertz CT molecular complexity index is 1840. The van der Waals surface area contributed by atoms with Gasteiger partial charge in [0.25, 0.3) is 5.69 Å². The summed E-state index contributed by atoms with van der Waals surface area (Å²) in [6.45, 7) is 9.13. The fourth-order valence-electron chi connectivity index (χ4n) is 8.07. The number of aromatic nitrogens is 4. The maximum atomic E-state index is 13.9. The second kappa shape index (κ2) is 13.6. The summed E-state index contributed by atoms with van der Waals surface area (Å²) in [5.41, 5.74) is 4.05. The number of nitro benzene ring substituents is 1. The number of anilines is 1. The van der Waals surface area contributed by atoms with Crippen molar-refractivity contribution in [1.29, 1.82) is 0 Å². The molecule has 0 unspecified atom stereocenters. The number of fused-ring (bicyclic) bond motifs is 3. The topological polar surface area (TPSA) is 132 Å². The Balaban J connectivity index is 1.00. The van der Waals surface area contributed by atoms with Crippen molar-refractivity contribution < 1.29 is 19.2 Å². The molecule has 2 aromatic carbocycles. The van der Waals surface area contributed by atoms with Crippen LogP contribution in [-0.2, 0) is 23.3 Å². The Kier molecular flexibility index (Phi) is 9.10. The van der Waals surface area contributed by atoms with Crippen molar-refractivity contribution in [2.45, 2.75) is 58.0 Å². The molecule has 1 amide bonds. The molecule has 258 valence electrons. The Morgan fingerprint density at radius 1 is 1.00 bits per heavy atom. The van der Waals surface area contributed by atoms with Crippen molar-refractivity contribution in [3.8, 4) is 11.5 Å². The van der Waals surface area contributed by atoms with E-state index in [0.717, 1.165) is 66.9 Å². The van der Waals surface area contributed by atoms with Gasteiger partial charge >= 0.3 is 0 Å². The van der Waals surface area contributed by atoms with Crippen molar-refractivity contribution in [3.63, 3.8) is 0 Å². The standard InChI is InChI=1S/C36H44N8O5/c1-4-48-31-20-27-11-14-40(3)36(30(27)21-32(31)49-5-2)12-9-26(10-13-36)35(45)42-17-15-41(16-18-42)33-29-22-39-43(34(29)38-24-37-33)23-25-7-6-8-28(19-25)44(46)47/h6-8,19-22,24,26H,4-5,9-18,23H2,1-3H3. The lowest BCUT2D eigenvalue weighted by Crippen LogP contribution is -2.54. The van der Waals surface area contributed by atoms with Crippen molar-refractivity contribution in [2.75, 3.05) is 57.9 Å². The highest BCUT2D eigenvalue weighted by molar-refractivity contribution is 5.87. The molecule has 1 saturated carbocycles. The van der Waals surface area contributed by atoms with E-state index >= 15 is 0 Å². The maximum Gasteiger partial charge on any atom is 0.269 e. The third kappa shape index (κ3) is 6.16. The summed E-state index contributed by atoms with van der Waals surface area (Å²) in [5, 5.41) is 16.6. The number of rotatable bonds is 9. The van der Waals surface area contributed by atoms with Crippen LogP contribution in [-0.4, -0.2) is 93.4 Å². The van der Waals surface area contributed by atoms with Gasteiger partial charge in [0, 0.05) is 56.3 Å². The van der Waals surface area contributed by atoms with Crippen LogP contribution in [0.5, 0.6) is 11.5 Å². The van der Waals surface area contributed by atoms with Gasteiger partial charge in [-0.15, -0.1) is 0 Å². The minimum absolute atomic E-state index is 0.0165. The zero-order valence-electron chi connectivity index (χ0n) is 28.5. The fraction of sp³-hybridized carbons (Fsp3) is 0.500. The van der Waals surface area contributed by atoms with E-state index in [2.05, 4.69) is 44.0 Å². The summed E-state index contributed by atoms with van der Waals surface area (Å²) >= 11 is 0. The number of benzene rings is 2. The molecule has 1 spiro atoms. The largest absolute Gasteiger partial charge is 0.490 e. The molecule has 13 nitrogen and oxygen atoms in total. The quantitative estimate of drug-likeness (QED) is 0.181. The number of nitro groups is 1. The van der Waals surface area contributed by atoms with Gasteiger partial charge in [-0.2, -0.15) is 5.10 Å². The van der Waals surface area contributed by atoms with Crippen molar-refractivity contribution in [1.82, 2.24) is 29.5 Å². The molecule has 1 saturated heterocycles. The number of piperazine rings is 1. The summed E-state index contributed by atoms with van der Waals surface area (Å²) < 4.78 is 13.7. The van der Waals surface area contributed by atoms with Crippen LogP contribution in [0.2, 0.25) is 0 Å². The van der Waals surface area contributed by atoms with Gasteiger partial charge in [-0.25, -0.2) is 14.6 Å². The number of likely N-dealkylation sites (N-methyl/N-ethyl adjacent to an activating group) is 1. The zero-order valence-corrected chi connectivity index (χ0v) is 28.5. The van der Waals surface area contributed by atoms with Gasteiger partial charge in [-0.3, -0.25) is 19.8 Å². The monoisotopic (exact) mass is 668 g/mol. The first-order valence-electron chi connectivity index (χ1n) is 17.4. The van der Waals surface area contributed by atoms with Crippen LogP contribution in [0.1, 0.15) is 56.2 Å². The summed E-state index contributed by atoms with van der Waals surface area (Å²) in [6.07, 6.45) is 7.86. The van der Waals surface area contributed by atoms with E-state index in [4.69, 9.17) is 9.47 Å². The predicted octanol–water partition coefficient (Wildman–Crippen LogP) is 4.80. The van der Waals surface area contributed by atoms with E-state index < -0.39 is 4.92 Å². The Labute approximate surface area is 286 Å². The summed E-state index contributed by atoms with van der Waals surface area (Å²) in [7, 11) is 2.22. The molecule has 2 aromatic heterocycles. The zero-order chi connectivity index (χ0) is 34.1. The maximum absolute atomic E-state index is 13.9. The van der Waals surface area contributed by atoms with Crippen LogP contribution < -0.4 is 14.4 Å². The third-order valence-electron chi connectivity index (χ3n) is 10.6. The molecule has 0 N–H and O–H groups in total. The number of hydrogen-bond donors (Lipinski definition) is 0. The molecule has 0 atom stereocenters. The molecule has 0 bridgehead atoms. The van der Waals surface area contributed by atoms with Gasteiger partial charge < -0.3 is 19.3 Å². The first-order valence-corrected chi connectivity index (χ1v) is 17.4. The van der Waals surface area contributed by atoms with Gasteiger partial charge in [0.1, 0.15) is 12.1 Å². The molecule has 49 heavy (non-hydrogen) atoms. The average molecular weight is 669 g/mol. The predicted molar refractivity (Wildman–Crippen MR) is 185 cm³/mol. The number of carbonyl (C=O) groups is 1. The van der Waals surface area contributed by atoms with E-state index in [-0.39, 0.29) is 23.1 Å². The fourth-order valence-corrected chi connectivity index (χ4v) is 8.07. The first kappa shape index (κ1) is 32.8. The van der Waals surface area contributed by atoms with Crippen molar-refractivity contribution >= 4 is 28.4 Å². The van der Waals surface area contributed by atoms with E-state index in [1.165, 1.54) is 23.5 Å². The highest BCUT2D eigenvalue weighted by atomic mass is 16.6. The Morgan fingerprint density at radius 3 is 2.45 bits per heavy atom. The molecule has 0 radical (unpaired) electrons. The molecular formula is C36H44N8O5. The normalized spacial score (nSPS) is 21.2. The lowest BCUT2D eigenvalue weighted by molar-refractivity contribution is -0.384. The van der Waals surface area contributed by atoms with Gasteiger partial charge in [-0.05, 0) is 81.8 Å². The molecule has 4 heterocycles. The molecule has 1 aliphatic carbocycles. The minimum atomic E-state index is -0.397. The van der Waals surface area contributed by atoms with Crippen molar-refractivity contribution in [3.05, 3.63) is 75.7 Å². The lowest BCUT2D eigenvalue weighted by Gasteiger charge is -2.51. The smallest absolute Gasteiger partial charge is 0.269 e. The number of carbonyl (C=O) groups excluding carboxylic acids is 1. The Morgan fingerprint density at radius 2 is 1.73 bits per heavy atom. The minimum Gasteiger partial charge on any atom is -0.490 e. The lowest BCUT2D eigenvalue weighted by atomic mass is 9.68. The summed E-state index contributed by atoms with van der Waals surface area (Å²) in [4.78, 5) is 40.5. The number of hydrogen-bond acceptors (Lipinski definition) is 10. The SMILES string of the molecule is CCOc1cc2c(cc1OCC)C1(CCC(C(=O)N3CCN(c4ncnc5c4cnn5Cc4cccc([N+](=O)[O-])c4)CC3)CC1)N(C)CC2. The summed E-state index contributed by atoms with van der Waals surface area (Å²) in [5.74, 6) is 2.70. The van der Waals surface area contributed by atoms with Crippen LogP contribution in [0.3, 0.4) is 0 Å². The number of nitrogens with zero attached hydrogens (tertiary/aromatic N) is 8. The van der Waals surface area contributed by atoms with Crippen LogP contribution in [0, 0.1) is 16.0 Å². The first-order chi connectivity index (χ1) is 23.8. The highest BCUT2D eigenvalue weighted by Crippen LogP contribution is 2.49. The van der Waals surface area contributed by atoms with Crippen LogP contribution in [0.4, 0.5) is 11.5 Å². The molecule has 13 heteroatoms. The number of non-ortho nitro benzene ring substituents is 1. The van der Waals surface area contributed by atoms with E-state index in [0.29, 0.717) is 51.6 Å². The highest BCUT2D eigenvalue weighted by Gasteiger charge is 2.46. The number of amides is 1.